The zero-order valence-electron chi connectivity index (χ0n) is 10.1. The van der Waals surface area contributed by atoms with Crippen molar-refractivity contribution in [3.8, 4) is 9.88 Å². The lowest BCUT2D eigenvalue weighted by Gasteiger charge is -2.06. The molecule has 2 rings (SSSR count). The molecule has 0 spiro atoms. The molecule has 18 heavy (non-hydrogen) atoms. The third kappa shape index (κ3) is 3.34. The van der Waals surface area contributed by atoms with Crippen molar-refractivity contribution in [3.05, 3.63) is 28.6 Å². The van der Waals surface area contributed by atoms with Gasteiger partial charge in [0.25, 0.3) is 0 Å². The molecule has 96 valence electrons. The molecule has 0 bridgehead atoms. The summed E-state index contributed by atoms with van der Waals surface area (Å²) in [6, 6.07) is 4.09. The van der Waals surface area contributed by atoms with Gasteiger partial charge in [-0.3, -0.25) is 4.79 Å². The molecule has 6 heteroatoms. The van der Waals surface area contributed by atoms with Gasteiger partial charge in [0, 0.05) is 11.1 Å². The van der Waals surface area contributed by atoms with Crippen LogP contribution >= 0.6 is 34.4 Å². The van der Waals surface area contributed by atoms with Gasteiger partial charge in [-0.1, -0.05) is 6.07 Å². The van der Waals surface area contributed by atoms with Crippen molar-refractivity contribution < 1.29 is 9.53 Å². The van der Waals surface area contributed by atoms with E-state index >= 15 is 0 Å². The molecule has 0 fully saturated rings. The molecule has 1 atom stereocenters. The molecule has 0 aromatic carbocycles. The van der Waals surface area contributed by atoms with Crippen LogP contribution in [0, 0.1) is 0 Å². The van der Waals surface area contributed by atoms with Crippen LogP contribution < -0.4 is 0 Å². The maximum absolute atomic E-state index is 11.3. The van der Waals surface area contributed by atoms with Crippen molar-refractivity contribution in [1.29, 1.82) is 0 Å². The maximum atomic E-state index is 11.3. The molecule has 0 radical (unpaired) electrons. The summed E-state index contributed by atoms with van der Waals surface area (Å²) in [6.07, 6.45) is 0. The van der Waals surface area contributed by atoms with Crippen LogP contribution in [0.15, 0.2) is 22.9 Å². The van der Waals surface area contributed by atoms with Crippen LogP contribution in [0.25, 0.3) is 9.88 Å². The van der Waals surface area contributed by atoms with E-state index in [1.807, 2.05) is 23.8 Å². The lowest BCUT2D eigenvalue weighted by Crippen LogP contribution is -2.14. The van der Waals surface area contributed by atoms with Crippen LogP contribution in [-0.2, 0) is 15.3 Å². The van der Waals surface area contributed by atoms with Crippen molar-refractivity contribution in [2.75, 3.05) is 7.11 Å². The molecule has 0 aliphatic rings. The summed E-state index contributed by atoms with van der Waals surface area (Å²) in [7, 11) is 1.41. The summed E-state index contributed by atoms with van der Waals surface area (Å²) < 4.78 is 4.69. The molecule has 0 saturated carbocycles. The van der Waals surface area contributed by atoms with Gasteiger partial charge in [0.15, 0.2) is 0 Å². The van der Waals surface area contributed by atoms with Gasteiger partial charge in [-0.15, -0.1) is 34.4 Å². The minimum Gasteiger partial charge on any atom is -0.468 e. The number of methoxy groups -OCH3 is 1. The summed E-state index contributed by atoms with van der Waals surface area (Å²) in [5.74, 6) is 0.548. The van der Waals surface area contributed by atoms with Crippen LogP contribution in [0.5, 0.6) is 0 Å². The van der Waals surface area contributed by atoms with Crippen molar-refractivity contribution in [3.63, 3.8) is 0 Å². The lowest BCUT2D eigenvalue weighted by molar-refractivity contribution is -0.139. The van der Waals surface area contributed by atoms with Crippen molar-refractivity contribution >= 4 is 40.4 Å². The van der Waals surface area contributed by atoms with E-state index in [1.165, 1.54) is 12.0 Å². The number of hydrogen-bond acceptors (Lipinski definition) is 6. The molecular formula is C12H13NO2S3. The minimum absolute atomic E-state index is 0.151. The zero-order valence-corrected chi connectivity index (χ0v) is 12.5. The maximum Gasteiger partial charge on any atom is 0.318 e. The number of ether oxygens (including phenoxy) is 1. The first-order valence-corrected chi connectivity index (χ1v) is 8.19. The van der Waals surface area contributed by atoms with Crippen LogP contribution in [-0.4, -0.2) is 23.3 Å². The first-order chi connectivity index (χ1) is 8.70. The fourth-order valence-electron chi connectivity index (χ4n) is 1.33. The third-order valence-corrected chi connectivity index (χ3v) is 5.38. The van der Waals surface area contributed by atoms with Gasteiger partial charge in [-0.25, -0.2) is 4.98 Å². The Labute approximate surface area is 118 Å². The Morgan fingerprint density at radius 3 is 3.06 bits per heavy atom. The lowest BCUT2D eigenvalue weighted by atomic mass is 10.5. The molecule has 2 heterocycles. The Balaban J connectivity index is 1.93. The van der Waals surface area contributed by atoms with E-state index in [2.05, 4.69) is 15.8 Å². The number of hydrogen-bond donors (Lipinski definition) is 0. The van der Waals surface area contributed by atoms with Gasteiger partial charge in [-0.2, -0.15) is 0 Å². The molecule has 2 aromatic heterocycles. The smallest absolute Gasteiger partial charge is 0.318 e. The van der Waals surface area contributed by atoms with Crippen molar-refractivity contribution in [1.82, 2.24) is 4.98 Å². The second kappa shape index (κ2) is 6.36. The van der Waals surface area contributed by atoms with Crippen LogP contribution in [0.4, 0.5) is 0 Å². The quantitative estimate of drug-likeness (QED) is 0.790. The van der Waals surface area contributed by atoms with Crippen LogP contribution in [0.2, 0.25) is 0 Å². The Morgan fingerprint density at radius 2 is 2.39 bits per heavy atom. The van der Waals surface area contributed by atoms with Gasteiger partial charge >= 0.3 is 5.97 Å². The largest absolute Gasteiger partial charge is 0.468 e. The number of carbonyl (C=O) groups excluding carboxylic acids is 1. The molecule has 0 aliphatic heterocycles. The molecule has 3 nitrogen and oxygen atoms in total. The number of thioether (sulfide) groups is 1. The van der Waals surface area contributed by atoms with Crippen molar-refractivity contribution in [2.24, 2.45) is 0 Å². The summed E-state index contributed by atoms with van der Waals surface area (Å²) in [6.45, 7) is 1.85. The molecule has 2 aromatic rings. The van der Waals surface area contributed by atoms with E-state index in [0.717, 1.165) is 16.5 Å². The van der Waals surface area contributed by atoms with E-state index in [0.29, 0.717) is 0 Å². The Bertz CT molecular complexity index is 507. The minimum atomic E-state index is -0.186. The highest BCUT2D eigenvalue weighted by Gasteiger charge is 2.14. The summed E-state index contributed by atoms with van der Waals surface area (Å²) >= 11 is 4.88. The average Bonchev–Trinajstić information content (AvgIpc) is 3.04. The first-order valence-electron chi connectivity index (χ1n) is 5.38. The SMILES string of the molecule is COC(=O)C(C)SCc1csc(-c2cccs2)n1. The second-order valence-corrected chi connectivity index (χ2v) is 6.73. The molecule has 0 aliphatic carbocycles. The first kappa shape index (κ1) is 13.6. The zero-order chi connectivity index (χ0) is 13.0. The fourth-order valence-corrected chi connectivity index (χ4v) is 3.87. The van der Waals surface area contributed by atoms with Gasteiger partial charge < -0.3 is 4.74 Å². The van der Waals surface area contributed by atoms with Crippen molar-refractivity contribution in [2.45, 2.75) is 17.9 Å². The molecular weight excluding hydrogens is 286 g/mol. The van der Waals surface area contributed by atoms with Gasteiger partial charge in [-0.05, 0) is 18.4 Å². The monoisotopic (exact) mass is 299 g/mol. The average molecular weight is 299 g/mol. The Hall–Kier alpha value is -0.850. The highest BCUT2D eigenvalue weighted by atomic mass is 32.2. The topological polar surface area (TPSA) is 39.2 Å². The third-order valence-electron chi connectivity index (χ3n) is 2.30. The Morgan fingerprint density at radius 1 is 1.56 bits per heavy atom. The summed E-state index contributed by atoms with van der Waals surface area (Å²) in [4.78, 5) is 17.0. The van der Waals surface area contributed by atoms with E-state index in [4.69, 9.17) is 0 Å². The standard InChI is InChI=1S/C12H13NO2S3/c1-8(12(14)15-2)17-6-9-7-18-11(13-9)10-4-3-5-16-10/h3-5,7-8H,6H2,1-2H3. The number of aromatic nitrogens is 1. The summed E-state index contributed by atoms with van der Waals surface area (Å²) in [5, 5.41) is 4.99. The number of rotatable bonds is 5. The molecule has 0 N–H and O–H groups in total. The number of thiazole rings is 1. The number of carbonyl (C=O) groups is 1. The molecule has 0 amide bonds. The Kier molecular flexibility index (Phi) is 4.79. The highest BCUT2D eigenvalue weighted by molar-refractivity contribution is 7.99. The molecule has 0 saturated heterocycles. The number of esters is 1. The number of nitrogens with zero attached hydrogens (tertiary/aromatic N) is 1. The van der Waals surface area contributed by atoms with Gasteiger partial charge in [0.1, 0.15) is 5.01 Å². The van der Waals surface area contributed by atoms with Gasteiger partial charge in [0.05, 0.1) is 22.9 Å². The van der Waals surface area contributed by atoms with E-state index < -0.39 is 0 Å². The van der Waals surface area contributed by atoms with Gasteiger partial charge in [0.2, 0.25) is 0 Å². The predicted octanol–water partition coefficient (Wildman–Crippen LogP) is 3.67. The second-order valence-electron chi connectivity index (χ2n) is 3.60. The normalized spacial score (nSPS) is 12.3. The fraction of sp³-hybridized carbons (Fsp3) is 0.333. The van der Waals surface area contributed by atoms with Crippen LogP contribution in [0.3, 0.4) is 0 Å². The number of thiophene rings is 1. The predicted molar refractivity (Wildman–Crippen MR) is 78.2 cm³/mol. The van der Waals surface area contributed by atoms with Crippen LogP contribution in [0.1, 0.15) is 12.6 Å². The van der Waals surface area contributed by atoms with E-state index in [-0.39, 0.29) is 11.2 Å². The van der Waals surface area contributed by atoms with E-state index in [9.17, 15) is 4.79 Å². The summed E-state index contributed by atoms with van der Waals surface area (Å²) in [5.41, 5.74) is 1.02. The molecule has 1 unspecified atom stereocenters. The van der Waals surface area contributed by atoms with E-state index in [1.54, 1.807) is 34.4 Å². The highest BCUT2D eigenvalue weighted by Crippen LogP contribution is 2.29.